The number of hydrogen-bond donors (Lipinski definition) is 2. The molecule has 0 saturated heterocycles. The molecule has 1 amide bonds. The highest BCUT2D eigenvalue weighted by Gasteiger charge is 2.20. The molecule has 0 fully saturated rings. The molecular formula is C14H8F3NO3. The highest BCUT2D eigenvalue weighted by Crippen LogP contribution is 2.20. The van der Waals surface area contributed by atoms with Crippen LogP contribution in [0.5, 0.6) is 0 Å². The minimum atomic E-state index is -1.49. The van der Waals surface area contributed by atoms with Crippen molar-refractivity contribution in [3.63, 3.8) is 0 Å². The SMILES string of the molecule is O=C(O)c1cc(F)ccc1NC(=O)c1c(F)cccc1F. The first kappa shape index (κ1) is 14.6. The fraction of sp³-hybridized carbons (Fsp3) is 0. The number of anilines is 1. The Labute approximate surface area is 116 Å². The van der Waals surface area contributed by atoms with Crippen LogP contribution in [0.1, 0.15) is 20.7 Å². The van der Waals surface area contributed by atoms with Gasteiger partial charge < -0.3 is 10.4 Å². The zero-order valence-electron chi connectivity index (χ0n) is 10.4. The number of nitrogens with one attached hydrogen (secondary N) is 1. The molecule has 0 saturated carbocycles. The van der Waals surface area contributed by atoms with Gasteiger partial charge in [-0.1, -0.05) is 6.07 Å². The van der Waals surface area contributed by atoms with E-state index in [1.807, 2.05) is 0 Å². The van der Waals surface area contributed by atoms with Gasteiger partial charge in [-0.25, -0.2) is 18.0 Å². The standard InChI is InChI=1S/C14H8F3NO3/c15-7-4-5-11(8(6-7)14(20)21)18-13(19)12-9(16)2-1-3-10(12)17/h1-6H,(H,18,19)(H,20,21). The summed E-state index contributed by atoms with van der Waals surface area (Å²) in [7, 11) is 0. The van der Waals surface area contributed by atoms with Gasteiger partial charge >= 0.3 is 5.97 Å². The summed E-state index contributed by atoms with van der Waals surface area (Å²) in [5.74, 6) is -5.65. The number of carbonyl (C=O) groups excluding carboxylic acids is 1. The van der Waals surface area contributed by atoms with Crippen molar-refractivity contribution in [1.29, 1.82) is 0 Å². The van der Waals surface area contributed by atoms with E-state index in [-0.39, 0.29) is 5.69 Å². The monoisotopic (exact) mass is 295 g/mol. The van der Waals surface area contributed by atoms with Gasteiger partial charge in [0.25, 0.3) is 5.91 Å². The van der Waals surface area contributed by atoms with Gasteiger partial charge in [0.15, 0.2) is 0 Å². The maximum Gasteiger partial charge on any atom is 0.337 e. The van der Waals surface area contributed by atoms with Crippen LogP contribution in [-0.2, 0) is 0 Å². The summed E-state index contributed by atoms with van der Waals surface area (Å²) in [5, 5.41) is 11.0. The van der Waals surface area contributed by atoms with Crippen molar-refractivity contribution in [1.82, 2.24) is 0 Å². The molecule has 2 N–H and O–H groups in total. The quantitative estimate of drug-likeness (QED) is 0.914. The zero-order valence-corrected chi connectivity index (χ0v) is 10.4. The van der Waals surface area contributed by atoms with E-state index in [9.17, 15) is 22.8 Å². The van der Waals surface area contributed by atoms with E-state index in [2.05, 4.69) is 5.32 Å². The molecule has 2 aromatic carbocycles. The number of halogens is 3. The van der Waals surface area contributed by atoms with Gasteiger partial charge in [0.05, 0.1) is 11.3 Å². The predicted molar refractivity (Wildman–Crippen MR) is 67.7 cm³/mol. The van der Waals surface area contributed by atoms with Crippen LogP contribution in [0.25, 0.3) is 0 Å². The molecule has 0 bridgehead atoms. The summed E-state index contributed by atoms with van der Waals surface area (Å²) in [4.78, 5) is 22.8. The maximum absolute atomic E-state index is 13.4. The molecule has 4 nitrogen and oxygen atoms in total. The molecular weight excluding hydrogens is 287 g/mol. The number of carbonyl (C=O) groups is 2. The second-order valence-electron chi connectivity index (χ2n) is 4.05. The summed E-state index contributed by atoms with van der Waals surface area (Å²) in [6, 6.07) is 5.47. The zero-order chi connectivity index (χ0) is 15.6. The Morgan fingerprint density at radius 2 is 1.62 bits per heavy atom. The number of amides is 1. The first-order valence-corrected chi connectivity index (χ1v) is 5.68. The molecule has 0 unspecified atom stereocenters. The number of benzene rings is 2. The summed E-state index contributed by atoms with van der Waals surface area (Å²) in [6.45, 7) is 0. The van der Waals surface area contributed by atoms with Gasteiger partial charge in [-0.15, -0.1) is 0 Å². The maximum atomic E-state index is 13.4. The van der Waals surface area contributed by atoms with Gasteiger partial charge in [0, 0.05) is 0 Å². The van der Waals surface area contributed by atoms with Crippen LogP contribution < -0.4 is 5.32 Å². The van der Waals surface area contributed by atoms with E-state index in [1.54, 1.807) is 0 Å². The number of carboxylic acids is 1. The van der Waals surface area contributed by atoms with Crippen LogP contribution in [0.4, 0.5) is 18.9 Å². The molecule has 0 aliphatic heterocycles. The molecule has 21 heavy (non-hydrogen) atoms. The van der Waals surface area contributed by atoms with E-state index >= 15 is 0 Å². The van der Waals surface area contributed by atoms with Crippen LogP contribution in [0.2, 0.25) is 0 Å². The van der Waals surface area contributed by atoms with Crippen molar-refractivity contribution in [2.75, 3.05) is 5.32 Å². The van der Waals surface area contributed by atoms with Gasteiger partial charge in [0.1, 0.15) is 23.0 Å². The first-order valence-electron chi connectivity index (χ1n) is 5.68. The smallest absolute Gasteiger partial charge is 0.337 e. The Morgan fingerprint density at radius 1 is 1.00 bits per heavy atom. The molecule has 0 aliphatic rings. The lowest BCUT2D eigenvalue weighted by Crippen LogP contribution is -2.18. The number of hydrogen-bond acceptors (Lipinski definition) is 2. The lowest BCUT2D eigenvalue weighted by atomic mass is 10.1. The van der Waals surface area contributed by atoms with E-state index in [0.717, 1.165) is 30.3 Å². The van der Waals surface area contributed by atoms with Gasteiger partial charge in [0.2, 0.25) is 0 Å². The molecule has 0 atom stereocenters. The van der Waals surface area contributed by atoms with Crippen LogP contribution in [0.3, 0.4) is 0 Å². The Morgan fingerprint density at radius 3 is 2.19 bits per heavy atom. The van der Waals surface area contributed by atoms with Crippen LogP contribution in [0, 0.1) is 17.5 Å². The lowest BCUT2D eigenvalue weighted by molar-refractivity contribution is 0.0697. The summed E-state index contributed by atoms with van der Waals surface area (Å²) < 4.78 is 39.9. The highest BCUT2D eigenvalue weighted by molar-refractivity contribution is 6.08. The third-order valence-corrected chi connectivity index (χ3v) is 2.65. The third kappa shape index (κ3) is 3.02. The van der Waals surface area contributed by atoms with E-state index in [4.69, 9.17) is 5.11 Å². The lowest BCUT2D eigenvalue weighted by Gasteiger charge is -2.09. The molecule has 2 rings (SSSR count). The molecule has 0 radical (unpaired) electrons. The van der Waals surface area contributed by atoms with Crippen molar-refractivity contribution in [3.05, 3.63) is 65.0 Å². The Hall–Kier alpha value is -2.83. The van der Waals surface area contributed by atoms with Crippen LogP contribution in [-0.4, -0.2) is 17.0 Å². The second kappa shape index (κ2) is 5.66. The van der Waals surface area contributed by atoms with Crippen molar-refractivity contribution >= 4 is 17.6 Å². The van der Waals surface area contributed by atoms with Crippen LogP contribution in [0.15, 0.2) is 36.4 Å². The topological polar surface area (TPSA) is 66.4 Å². The molecule has 108 valence electrons. The molecule has 7 heteroatoms. The predicted octanol–water partition coefficient (Wildman–Crippen LogP) is 3.05. The fourth-order valence-corrected chi connectivity index (χ4v) is 1.70. The number of carboxylic acid groups (broad SMARTS) is 1. The molecule has 0 aliphatic carbocycles. The Kier molecular flexibility index (Phi) is 3.93. The summed E-state index contributed by atoms with van der Waals surface area (Å²) >= 11 is 0. The summed E-state index contributed by atoms with van der Waals surface area (Å²) in [6.07, 6.45) is 0. The number of aromatic carboxylic acids is 1. The van der Waals surface area contributed by atoms with Crippen molar-refractivity contribution in [2.45, 2.75) is 0 Å². The van der Waals surface area contributed by atoms with Gasteiger partial charge in [-0.3, -0.25) is 4.79 Å². The Balaban J connectivity index is 2.39. The Bertz CT molecular complexity index is 711. The summed E-state index contributed by atoms with van der Waals surface area (Å²) in [5.41, 5.74) is -1.64. The second-order valence-corrected chi connectivity index (χ2v) is 4.05. The third-order valence-electron chi connectivity index (χ3n) is 2.65. The van der Waals surface area contributed by atoms with Gasteiger partial charge in [-0.05, 0) is 30.3 Å². The van der Waals surface area contributed by atoms with Crippen molar-refractivity contribution in [2.24, 2.45) is 0 Å². The largest absolute Gasteiger partial charge is 0.478 e. The van der Waals surface area contributed by atoms with E-state index in [1.165, 1.54) is 0 Å². The van der Waals surface area contributed by atoms with Crippen molar-refractivity contribution < 1.29 is 27.9 Å². The van der Waals surface area contributed by atoms with Crippen molar-refractivity contribution in [3.8, 4) is 0 Å². The first-order chi connectivity index (χ1) is 9.90. The number of rotatable bonds is 3. The molecule has 0 heterocycles. The average Bonchev–Trinajstić information content (AvgIpc) is 2.40. The van der Waals surface area contributed by atoms with E-state index < -0.39 is 40.5 Å². The molecule has 2 aromatic rings. The average molecular weight is 295 g/mol. The highest BCUT2D eigenvalue weighted by atomic mass is 19.1. The minimum Gasteiger partial charge on any atom is -0.478 e. The van der Waals surface area contributed by atoms with Crippen LogP contribution >= 0.6 is 0 Å². The van der Waals surface area contributed by atoms with Gasteiger partial charge in [-0.2, -0.15) is 0 Å². The van der Waals surface area contributed by atoms with E-state index in [0.29, 0.717) is 6.07 Å². The molecule has 0 aromatic heterocycles. The fourth-order valence-electron chi connectivity index (χ4n) is 1.70. The normalized spacial score (nSPS) is 10.2. The molecule has 0 spiro atoms. The minimum absolute atomic E-state index is 0.267.